The van der Waals surface area contributed by atoms with Crippen LogP contribution in [-0.4, -0.2) is 70.5 Å². The fourth-order valence-corrected chi connectivity index (χ4v) is 9.09. The maximum absolute atomic E-state index is 13.4. The number of carbonyl (C=O) groups excluding carboxylic acids is 2. The first-order valence-electron chi connectivity index (χ1n) is 23.0. The van der Waals surface area contributed by atoms with Crippen molar-refractivity contribution in [3.63, 3.8) is 0 Å². The van der Waals surface area contributed by atoms with Crippen LogP contribution in [0.5, 0.6) is 34.6 Å². The number of aryl methyl sites for hydroxylation is 4. The lowest BCUT2D eigenvalue weighted by atomic mass is 9.79. The van der Waals surface area contributed by atoms with Crippen LogP contribution in [0.4, 0.5) is 17.6 Å². The van der Waals surface area contributed by atoms with Crippen LogP contribution >= 0.6 is 11.6 Å². The first kappa shape index (κ1) is 51.6. The zero-order valence-electron chi connectivity index (χ0n) is 40.7. The Kier molecular flexibility index (Phi) is 14.1. The Morgan fingerprint density at radius 1 is 0.625 bits per heavy atom. The van der Waals surface area contributed by atoms with Crippen molar-refractivity contribution < 1.29 is 65.6 Å². The molecule has 13 nitrogen and oxygen atoms in total. The zero-order valence-corrected chi connectivity index (χ0v) is 41.5. The lowest BCUT2D eigenvalue weighted by Crippen LogP contribution is -2.32. The quantitative estimate of drug-likeness (QED) is 0.0676. The normalized spacial score (nSPS) is 16.3. The Bertz CT molecular complexity index is 3090. The summed E-state index contributed by atoms with van der Waals surface area (Å²) in [6.07, 6.45) is -2.99. The van der Waals surface area contributed by atoms with Crippen molar-refractivity contribution in [2.24, 2.45) is 0 Å². The topological polar surface area (TPSA) is 169 Å². The zero-order chi connectivity index (χ0) is 52.1. The first-order chi connectivity index (χ1) is 34.0. The number of aromatic nitrogens is 3. The minimum atomic E-state index is -3.68. The van der Waals surface area contributed by atoms with Gasteiger partial charge in [-0.3, -0.25) is 14.6 Å². The SMILES string of the molecule is COc1cc(C)c(B(O)O)cn1.COc1ccc(-c2nc(CC(=O)C3(c4ccc5c(c4)OC(F)(F)O5)CC3)cc(C)c2C)c(C)c1.Cc1cc(CC(=O)C2(c3ccc4c(c3)OC(F)(F)O4)CC2)nc(Cl)c1C. The van der Waals surface area contributed by atoms with Crippen molar-refractivity contribution in [2.75, 3.05) is 14.2 Å². The number of fused-ring (bicyclic) bond motifs is 2. The summed E-state index contributed by atoms with van der Waals surface area (Å²) in [4.78, 5) is 39.4. The summed E-state index contributed by atoms with van der Waals surface area (Å²) in [6, 6.07) is 20.5. The molecule has 2 aliphatic carbocycles. The Hall–Kier alpha value is -6.76. The Balaban J connectivity index is 0.000000161. The highest BCUT2D eigenvalue weighted by Gasteiger charge is 2.53. The number of ketones is 2. The van der Waals surface area contributed by atoms with E-state index < -0.39 is 30.5 Å². The van der Waals surface area contributed by atoms with E-state index in [9.17, 15) is 27.2 Å². The van der Waals surface area contributed by atoms with Gasteiger partial charge in [-0.1, -0.05) is 23.7 Å². The van der Waals surface area contributed by atoms with Gasteiger partial charge >= 0.3 is 19.7 Å². The number of hydrogen-bond acceptors (Lipinski definition) is 13. The van der Waals surface area contributed by atoms with E-state index in [1.165, 1.54) is 37.6 Å². The van der Waals surface area contributed by atoms with Crippen LogP contribution in [-0.2, 0) is 33.3 Å². The van der Waals surface area contributed by atoms with E-state index in [1.54, 1.807) is 32.2 Å². The van der Waals surface area contributed by atoms with Crippen molar-refractivity contribution in [1.82, 2.24) is 15.0 Å². The van der Waals surface area contributed by atoms with Crippen molar-refractivity contribution in [3.8, 4) is 45.9 Å². The molecule has 3 aromatic carbocycles. The summed E-state index contributed by atoms with van der Waals surface area (Å²) < 4.78 is 81.4. The van der Waals surface area contributed by atoms with Gasteiger partial charge in [-0.25, -0.2) is 9.97 Å². The second kappa shape index (κ2) is 19.7. The third-order valence-electron chi connectivity index (χ3n) is 13.6. The third-order valence-corrected chi connectivity index (χ3v) is 13.9. The van der Waals surface area contributed by atoms with Gasteiger partial charge in [-0.15, -0.1) is 17.6 Å². The summed E-state index contributed by atoms with van der Waals surface area (Å²) in [5, 5.41) is 18.1. The molecule has 0 amide bonds. The van der Waals surface area contributed by atoms with Gasteiger partial charge in [0.1, 0.15) is 22.5 Å². The number of alkyl halides is 4. The van der Waals surface area contributed by atoms with Crippen LogP contribution in [0.25, 0.3) is 11.3 Å². The molecular weight excluding hydrogens is 961 g/mol. The van der Waals surface area contributed by atoms with Gasteiger partial charge in [0, 0.05) is 47.5 Å². The van der Waals surface area contributed by atoms with E-state index in [1.807, 2.05) is 65.0 Å². The fourth-order valence-electron chi connectivity index (χ4n) is 8.83. The molecule has 4 aliphatic rings. The molecule has 0 spiro atoms. The van der Waals surface area contributed by atoms with Gasteiger partial charge in [-0.2, -0.15) is 0 Å². The average Bonchev–Trinajstić information content (AvgIpc) is 4.25. The average molecular weight is 1010 g/mol. The van der Waals surface area contributed by atoms with Crippen LogP contribution in [0.1, 0.15) is 81.6 Å². The van der Waals surface area contributed by atoms with Crippen LogP contribution in [0.2, 0.25) is 5.15 Å². The van der Waals surface area contributed by atoms with E-state index in [-0.39, 0.29) is 47.4 Å². The number of halogens is 5. The van der Waals surface area contributed by atoms with Gasteiger partial charge in [0.05, 0.1) is 30.7 Å². The van der Waals surface area contributed by atoms with E-state index in [4.69, 9.17) is 36.1 Å². The highest BCUT2D eigenvalue weighted by molar-refractivity contribution is 6.59. The van der Waals surface area contributed by atoms with Gasteiger partial charge < -0.3 is 38.5 Å². The molecule has 0 unspecified atom stereocenters. The van der Waals surface area contributed by atoms with Crippen LogP contribution in [0.15, 0.2) is 79.0 Å². The highest BCUT2D eigenvalue weighted by Crippen LogP contribution is 2.54. The lowest BCUT2D eigenvalue weighted by molar-refractivity contribution is -0.287. The summed E-state index contributed by atoms with van der Waals surface area (Å²) in [5.74, 6) is 1.14. The van der Waals surface area contributed by atoms with E-state index in [0.29, 0.717) is 64.7 Å². The molecule has 5 heterocycles. The summed E-state index contributed by atoms with van der Waals surface area (Å²) in [6.45, 7) is 11.6. The number of ether oxygens (including phenoxy) is 6. The highest BCUT2D eigenvalue weighted by atomic mass is 35.5. The Morgan fingerprint density at radius 3 is 1.57 bits per heavy atom. The number of methoxy groups -OCH3 is 2. The number of pyridine rings is 3. The third kappa shape index (κ3) is 10.7. The molecular formula is C53H51BClF4N3O10. The summed E-state index contributed by atoms with van der Waals surface area (Å²) in [5.41, 5.74) is 9.26. The van der Waals surface area contributed by atoms with Crippen LogP contribution in [0, 0.1) is 41.5 Å². The fraction of sp³-hybridized carbons (Fsp3) is 0.340. The molecule has 0 atom stereocenters. The monoisotopic (exact) mass is 1010 g/mol. The molecule has 2 fully saturated rings. The number of hydrogen-bond donors (Lipinski definition) is 2. The number of carbonyl (C=O) groups is 2. The van der Waals surface area contributed by atoms with Crippen molar-refractivity contribution >= 4 is 35.7 Å². The smallest absolute Gasteiger partial charge is 0.497 e. The molecule has 3 aromatic heterocycles. The molecule has 0 saturated heterocycles. The van der Waals surface area contributed by atoms with Gasteiger partial charge in [-0.05, 0) is 166 Å². The predicted molar refractivity (Wildman–Crippen MR) is 259 cm³/mol. The Morgan fingerprint density at radius 2 is 1.12 bits per heavy atom. The largest absolute Gasteiger partial charge is 0.586 e. The number of Topliss-reactive ketones (excluding diaryl/α,β-unsaturated/α-hetero) is 2. The second-order valence-corrected chi connectivity index (χ2v) is 18.8. The van der Waals surface area contributed by atoms with E-state index in [0.717, 1.165) is 50.4 Å². The Labute approximate surface area is 418 Å². The molecule has 2 N–H and O–H groups in total. The minimum absolute atomic E-state index is 0.00468. The van der Waals surface area contributed by atoms with E-state index in [2.05, 4.69) is 28.9 Å². The number of nitrogens with zero attached hydrogens (tertiary/aromatic N) is 3. The number of benzene rings is 3. The van der Waals surface area contributed by atoms with Crippen molar-refractivity contribution in [2.45, 2.75) is 103 Å². The van der Waals surface area contributed by atoms with Crippen LogP contribution in [0.3, 0.4) is 0 Å². The first-order valence-corrected chi connectivity index (χ1v) is 23.3. The van der Waals surface area contributed by atoms with Crippen molar-refractivity contribution in [1.29, 1.82) is 0 Å². The summed E-state index contributed by atoms with van der Waals surface area (Å²) >= 11 is 6.12. The predicted octanol–water partition coefficient (Wildman–Crippen LogP) is 9.44. The molecule has 376 valence electrons. The molecule has 10 rings (SSSR count). The molecule has 0 bridgehead atoms. The molecule has 0 radical (unpaired) electrons. The lowest BCUT2D eigenvalue weighted by Gasteiger charge is -2.17. The van der Waals surface area contributed by atoms with Crippen LogP contribution < -0.4 is 33.9 Å². The van der Waals surface area contributed by atoms with Crippen molar-refractivity contribution in [3.05, 3.63) is 140 Å². The second-order valence-electron chi connectivity index (χ2n) is 18.4. The van der Waals surface area contributed by atoms with Gasteiger partial charge in [0.2, 0.25) is 5.88 Å². The van der Waals surface area contributed by atoms with Gasteiger partial charge in [0.15, 0.2) is 23.0 Å². The molecule has 6 aromatic rings. The summed E-state index contributed by atoms with van der Waals surface area (Å²) in [7, 11) is 1.67. The molecule has 2 aliphatic heterocycles. The maximum Gasteiger partial charge on any atom is 0.586 e. The molecule has 72 heavy (non-hydrogen) atoms. The molecule has 19 heteroatoms. The maximum atomic E-state index is 13.4. The minimum Gasteiger partial charge on any atom is -0.497 e. The van der Waals surface area contributed by atoms with E-state index >= 15 is 0 Å². The van der Waals surface area contributed by atoms with Gasteiger partial charge in [0.25, 0.3) is 0 Å². The standard InChI is InChI=1S/C27H25F2NO4.C19H16ClF2NO3.C7H10BNO3/c1-15-11-19(30-25(17(15)3)21-7-6-20(32-4)12-16(21)2)14-24(31)26(9-10-26)18-5-8-22-23(13-18)34-27(28,29)33-22;1-10-7-13(23-17(20)11(10)2)9-16(24)18(5-6-18)12-3-4-14-15(8-12)26-19(21,22)25-14;1-5-3-7(12-2)9-4-6(5)8(10)11/h5-8,11-13H,9-10,14H2,1-4H3;3-4,7-8H,5-6,9H2,1-2H3;3-4,10-11H,1-2H3. The number of rotatable bonds is 12. The molecule has 2 saturated carbocycles.